The van der Waals surface area contributed by atoms with Gasteiger partial charge in [0.05, 0.1) is 0 Å². The topological polar surface area (TPSA) is 17.1 Å². The van der Waals surface area contributed by atoms with Crippen LogP contribution in [0.1, 0.15) is 21.5 Å². The maximum Gasteiger partial charge on any atom is 0.193 e. The van der Waals surface area contributed by atoms with Crippen LogP contribution in [-0.4, -0.2) is 12.0 Å². The molecule has 0 saturated carbocycles. The second-order valence-electron chi connectivity index (χ2n) is 4.03. The summed E-state index contributed by atoms with van der Waals surface area (Å²) < 4.78 is 0.967. The van der Waals surface area contributed by atoms with Gasteiger partial charge in [-0.2, -0.15) is 0 Å². The quantitative estimate of drug-likeness (QED) is 0.601. The van der Waals surface area contributed by atoms with Crippen molar-refractivity contribution in [1.82, 2.24) is 0 Å². The van der Waals surface area contributed by atoms with Crippen molar-refractivity contribution in [2.45, 2.75) is 11.8 Å². The zero-order valence-electron chi connectivity index (χ0n) is 10.2. The predicted molar refractivity (Wildman–Crippen MR) is 80.5 cm³/mol. The van der Waals surface area contributed by atoms with Gasteiger partial charge < -0.3 is 0 Å². The lowest BCUT2D eigenvalue weighted by molar-refractivity contribution is 0.103. The molecule has 2 aromatic rings. The van der Waals surface area contributed by atoms with Crippen LogP contribution in [0.3, 0.4) is 0 Å². The molecule has 18 heavy (non-hydrogen) atoms. The fourth-order valence-corrected chi connectivity index (χ4v) is 2.50. The molecular weight excluding hydrogens is 308 g/mol. The highest BCUT2D eigenvalue weighted by Crippen LogP contribution is 2.21. The molecule has 0 fully saturated rings. The van der Waals surface area contributed by atoms with E-state index in [4.69, 9.17) is 0 Å². The number of carbonyl (C=O) groups is 1. The van der Waals surface area contributed by atoms with Crippen molar-refractivity contribution in [1.29, 1.82) is 0 Å². The Labute approximate surface area is 120 Å². The molecular formula is C15H13BrOS. The summed E-state index contributed by atoms with van der Waals surface area (Å²) in [4.78, 5) is 13.5. The second kappa shape index (κ2) is 5.72. The Morgan fingerprint density at radius 2 is 1.83 bits per heavy atom. The molecule has 3 heteroatoms. The number of thioether (sulfide) groups is 1. The van der Waals surface area contributed by atoms with E-state index in [9.17, 15) is 4.79 Å². The van der Waals surface area contributed by atoms with Crippen LogP contribution < -0.4 is 0 Å². The lowest BCUT2D eigenvalue weighted by Crippen LogP contribution is -2.01. The lowest BCUT2D eigenvalue weighted by atomic mass is 10.0. The van der Waals surface area contributed by atoms with Crippen molar-refractivity contribution in [2.24, 2.45) is 0 Å². The Morgan fingerprint density at radius 1 is 1.11 bits per heavy atom. The highest BCUT2D eigenvalue weighted by atomic mass is 79.9. The van der Waals surface area contributed by atoms with Gasteiger partial charge in [-0.15, -0.1) is 11.8 Å². The first kappa shape index (κ1) is 13.4. The van der Waals surface area contributed by atoms with E-state index in [1.54, 1.807) is 11.8 Å². The molecule has 0 unspecified atom stereocenters. The molecule has 0 aliphatic heterocycles. The molecule has 0 radical (unpaired) electrons. The molecule has 92 valence electrons. The molecule has 0 heterocycles. The average molecular weight is 321 g/mol. The normalized spacial score (nSPS) is 10.4. The van der Waals surface area contributed by atoms with Crippen molar-refractivity contribution in [3.05, 3.63) is 63.6 Å². The lowest BCUT2D eigenvalue weighted by Gasteiger charge is -2.05. The van der Waals surface area contributed by atoms with Crippen molar-refractivity contribution in [3.63, 3.8) is 0 Å². The van der Waals surface area contributed by atoms with Crippen LogP contribution in [-0.2, 0) is 0 Å². The van der Waals surface area contributed by atoms with E-state index in [2.05, 4.69) is 15.9 Å². The molecule has 0 aromatic heterocycles. The number of rotatable bonds is 3. The minimum Gasteiger partial charge on any atom is -0.289 e. The van der Waals surface area contributed by atoms with E-state index in [-0.39, 0.29) is 5.78 Å². The first-order valence-corrected chi connectivity index (χ1v) is 7.58. The van der Waals surface area contributed by atoms with Crippen molar-refractivity contribution >= 4 is 33.5 Å². The molecule has 0 atom stereocenters. The number of carbonyl (C=O) groups excluding carboxylic acids is 1. The van der Waals surface area contributed by atoms with Crippen molar-refractivity contribution in [2.75, 3.05) is 6.26 Å². The molecule has 0 amide bonds. The van der Waals surface area contributed by atoms with Crippen molar-refractivity contribution < 1.29 is 4.79 Å². The Balaban J connectivity index is 2.38. The van der Waals surface area contributed by atoms with E-state index >= 15 is 0 Å². The zero-order valence-corrected chi connectivity index (χ0v) is 12.6. The maximum atomic E-state index is 12.3. The van der Waals surface area contributed by atoms with Crippen LogP contribution in [0.4, 0.5) is 0 Å². The predicted octanol–water partition coefficient (Wildman–Crippen LogP) is 4.71. The third-order valence-electron chi connectivity index (χ3n) is 2.77. The molecule has 0 N–H and O–H groups in total. The van der Waals surface area contributed by atoms with E-state index in [0.29, 0.717) is 5.56 Å². The van der Waals surface area contributed by atoms with E-state index in [1.807, 2.05) is 55.6 Å². The first-order valence-electron chi connectivity index (χ1n) is 5.56. The third-order valence-corrected chi connectivity index (χ3v) is 4.35. The standard InChI is InChI=1S/C15H13BrOS/c1-10-6-7-12(9-14(10)16)15(17)11-4-3-5-13(8-11)18-2/h3-9H,1-2H3. The fraction of sp³-hybridized carbons (Fsp3) is 0.133. The molecule has 0 saturated heterocycles. The number of ketones is 1. The maximum absolute atomic E-state index is 12.3. The SMILES string of the molecule is CSc1cccc(C(=O)c2ccc(C)c(Br)c2)c1. The van der Waals surface area contributed by atoms with Crippen LogP contribution in [0.5, 0.6) is 0 Å². The monoisotopic (exact) mass is 320 g/mol. The van der Waals surface area contributed by atoms with Gasteiger partial charge in [-0.25, -0.2) is 0 Å². The minimum absolute atomic E-state index is 0.0617. The first-order chi connectivity index (χ1) is 8.61. The molecule has 0 aliphatic carbocycles. The molecule has 2 aromatic carbocycles. The van der Waals surface area contributed by atoms with Crippen molar-refractivity contribution in [3.8, 4) is 0 Å². The minimum atomic E-state index is 0.0617. The number of hydrogen-bond donors (Lipinski definition) is 0. The third kappa shape index (κ3) is 2.85. The second-order valence-corrected chi connectivity index (χ2v) is 5.76. The Morgan fingerprint density at radius 3 is 2.50 bits per heavy atom. The highest BCUT2D eigenvalue weighted by Gasteiger charge is 2.10. The van der Waals surface area contributed by atoms with Crippen LogP contribution in [0.2, 0.25) is 0 Å². The number of hydrogen-bond acceptors (Lipinski definition) is 2. The Hall–Kier alpha value is -1.06. The Bertz CT molecular complexity index is 593. The number of halogens is 1. The average Bonchev–Trinajstić information content (AvgIpc) is 2.41. The zero-order chi connectivity index (χ0) is 13.1. The number of benzene rings is 2. The summed E-state index contributed by atoms with van der Waals surface area (Å²) >= 11 is 5.10. The van der Waals surface area contributed by atoms with Gasteiger partial charge in [0, 0.05) is 20.5 Å². The largest absolute Gasteiger partial charge is 0.289 e. The highest BCUT2D eigenvalue weighted by molar-refractivity contribution is 9.10. The van der Waals surface area contributed by atoms with Crippen LogP contribution in [0, 0.1) is 6.92 Å². The van der Waals surface area contributed by atoms with E-state index in [1.165, 1.54) is 0 Å². The Kier molecular flexibility index (Phi) is 4.25. The molecule has 0 spiro atoms. The van der Waals surface area contributed by atoms with Crippen LogP contribution >= 0.6 is 27.7 Å². The van der Waals surface area contributed by atoms with Gasteiger partial charge in [0.25, 0.3) is 0 Å². The fourth-order valence-electron chi connectivity index (χ4n) is 1.67. The summed E-state index contributed by atoms with van der Waals surface area (Å²) in [6.07, 6.45) is 2.01. The van der Waals surface area contributed by atoms with E-state index in [0.717, 1.165) is 20.5 Å². The molecule has 0 bridgehead atoms. The molecule has 0 aliphatic rings. The smallest absolute Gasteiger partial charge is 0.193 e. The summed E-state index contributed by atoms with van der Waals surface area (Å²) in [6.45, 7) is 2.01. The summed E-state index contributed by atoms with van der Waals surface area (Å²) in [7, 11) is 0. The van der Waals surface area contributed by atoms with Crippen LogP contribution in [0.15, 0.2) is 51.8 Å². The summed E-state index contributed by atoms with van der Waals surface area (Å²) in [5.41, 5.74) is 2.58. The molecule has 1 nitrogen and oxygen atoms in total. The van der Waals surface area contributed by atoms with Gasteiger partial charge in [-0.05, 0) is 36.9 Å². The van der Waals surface area contributed by atoms with Crippen LogP contribution in [0.25, 0.3) is 0 Å². The summed E-state index contributed by atoms with van der Waals surface area (Å²) in [5.74, 6) is 0.0617. The van der Waals surface area contributed by atoms with Gasteiger partial charge in [0.2, 0.25) is 0 Å². The van der Waals surface area contributed by atoms with Gasteiger partial charge in [-0.1, -0.05) is 40.2 Å². The van der Waals surface area contributed by atoms with Gasteiger partial charge >= 0.3 is 0 Å². The summed E-state index contributed by atoms with van der Waals surface area (Å²) in [5, 5.41) is 0. The van der Waals surface area contributed by atoms with Gasteiger partial charge in [-0.3, -0.25) is 4.79 Å². The number of aryl methyl sites for hydroxylation is 1. The van der Waals surface area contributed by atoms with Gasteiger partial charge in [0.15, 0.2) is 5.78 Å². The summed E-state index contributed by atoms with van der Waals surface area (Å²) in [6, 6.07) is 13.4. The molecule has 2 rings (SSSR count). The van der Waals surface area contributed by atoms with Gasteiger partial charge in [0.1, 0.15) is 0 Å². The van der Waals surface area contributed by atoms with E-state index < -0.39 is 0 Å².